The average Bonchev–Trinajstić information content (AvgIpc) is 3.36. The number of hydrogen-bond donors (Lipinski definition) is 2. The lowest BCUT2D eigenvalue weighted by Gasteiger charge is -2.08. The minimum Gasteiger partial charge on any atom is -0.481 e. The molecule has 158 valence electrons. The minimum absolute atomic E-state index is 0.0343. The zero-order chi connectivity index (χ0) is 22.0. The smallest absolute Gasteiger partial charge is 0.305 e. The van der Waals surface area contributed by atoms with E-state index < -0.39 is 53.1 Å². The molecule has 0 spiro atoms. The van der Waals surface area contributed by atoms with Crippen molar-refractivity contribution in [3.8, 4) is 0 Å². The van der Waals surface area contributed by atoms with Crippen LogP contribution in [0.4, 0.5) is 27.6 Å². The van der Waals surface area contributed by atoms with E-state index in [-0.39, 0.29) is 24.3 Å². The van der Waals surface area contributed by atoms with Gasteiger partial charge in [0, 0.05) is 12.4 Å². The number of rotatable bonds is 7. The number of amides is 1. The average molecular weight is 429 g/mol. The summed E-state index contributed by atoms with van der Waals surface area (Å²) in [6, 6.07) is 1.34. The molecule has 13 heteroatoms. The third-order valence-corrected chi connectivity index (χ3v) is 3.94. The van der Waals surface area contributed by atoms with E-state index in [2.05, 4.69) is 15.5 Å². The van der Waals surface area contributed by atoms with Crippen LogP contribution in [0.1, 0.15) is 22.5 Å². The first-order chi connectivity index (χ1) is 14.2. The highest BCUT2D eigenvalue weighted by Crippen LogP contribution is 2.24. The zero-order valence-corrected chi connectivity index (χ0v) is 14.9. The highest BCUT2D eigenvalue weighted by molar-refractivity contribution is 6.02. The van der Waals surface area contributed by atoms with Crippen LogP contribution in [-0.2, 0) is 17.9 Å². The lowest BCUT2D eigenvalue weighted by Crippen LogP contribution is -2.14. The molecular weight excluding hydrogens is 417 g/mol. The Hall–Kier alpha value is -3.77. The van der Waals surface area contributed by atoms with E-state index in [1.54, 1.807) is 0 Å². The van der Waals surface area contributed by atoms with E-state index in [9.17, 15) is 31.5 Å². The number of carbonyl (C=O) groups is 2. The topological polar surface area (TPSA) is 102 Å². The van der Waals surface area contributed by atoms with E-state index in [1.807, 2.05) is 0 Å². The first-order valence-electron chi connectivity index (χ1n) is 8.26. The fourth-order valence-corrected chi connectivity index (χ4v) is 2.48. The molecule has 2 heterocycles. The molecule has 0 unspecified atom stereocenters. The van der Waals surface area contributed by atoms with Gasteiger partial charge in [0.25, 0.3) is 5.91 Å². The Morgan fingerprint density at radius 2 is 1.63 bits per heavy atom. The van der Waals surface area contributed by atoms with Crippen molar-refractivity contribution >= 4 is 17.6 Å². The van der Waals surface area contributed by atoms with Crippen molar-refractivity contribution in [2.24, 2.45) is 0 Å². The number of nitrogens with zero attached hydrogens (tertiary/aromatic N) is 4. The molecule has 0 radical (unpaired) electrons. The predicted octanol–water partition coefficient (Wildman–Crippen LogP) is 2.55. The molecule has 0 fully saturated rings. The molecule has 2 aromatic heterocycles. The molecule has 0 saturated carbocycles. The number of benzene rings is 1. The SMILES string of the molecule is O=C(O)CCn1ccc(C(=O)Nc2cnn(Cc3c(F)c(F)c(F)c(F)c3F)c2)n1. The monoisotopic (exact) mass is 429 g/mol. The largest absolute Gasteiger partial charge is 0.481 e. The molecule has 2 N–H and O–H groups in total. The van der Waals surface area contributed by atoms with Crippen molar-refractivity contribution in [2.45, 2.75) is 19.5 Å². The number of aryl methyl sites for hydroxylation is 1. The molecule has 3 rings (SSSR count). The molecular formula is C17H12F5N5O3. The summed E-state index contributed by atoms with van der Waals surface area (Å²) < 4.78 is 69.3. The summed E-state index contributed by atoms with van der Waals surface area (Å²) in [6.07, 6.45) is 3.44. The van der Waals surface area contributed by atoms with Crippen molar-refractivity contribution in [2.75, 3.05) is 5.32 Å². The Balaban J connectivity index is 1.70. The molecule has 0 atom stereocenters. The second-order valence-electron chi connectivity index (χ2n) is 6.04. The van der Waals surface area contributed by atoms with Gasteiger partial charge in [0.15, 0.2) is 29.0 Å². The van der Waals surface area contributed by atoms with Gasteiger partial charge in [0.05, 0.1) is 37.0 Å². The molecule has 0 aliphatic rings. The van der Waals surface area contributed by atoms with Crippen LogP contribution >= 0.6 is 0 Å². The fourth-order valence-electron chi connectivity index (χ4n) is 2.48. The molecule has 3 aromatic rings. The number of halogens is 5. The van der Waals surface area contributed by atoms with Gasteiger partial charge >= 0.3 is 5.97 Å². The third kappa shape index (κ3) is 4.29. The number of aliphatic carboxylic acids is 1. The minimum atomic E-state index is -2.26. The van der Waals surface area contributed by atoms with Gasteiger partial charge in [-0.2, -0.15) is 10.2 Å². The predicted molar refractivity (Wildman–Crippen MR) is 90.0 cm³/mol. The molecule has 1 aromatic carbocycles. The van der Waals surface area contributed by atoms with E-state index in [4.69, 9.17) is 5.11 Å². The number of carboxylic acids is 1. The van der Waals surface area contributed by atoms with Gasteiger partial charge < -0.3 is 10.4 Å². The third-order valence-electron chi connectivity index (χ3n) is 3.94. The number of carbonyl (C=O) groups excluding carboxylic acids is 1. The van der Waals surface area contributed by atoms with Gasteiger partial charge in [-0.15, -0.1) is 0 Å². The van der Waals surface area contributed by atoms with Gasteiger partial charge in [0.2, 0.25) is 5.82 Å². The maximum atomic E-state index is 13.8. The van der Waals surface area contributed by atoms with Crippen LogP contribution in [0.5, 0.6) is 0 Å². The van der Waals surface area contributed by atoms with Gasteiger partial charge in [-0.1, -0.05) is 0 Å². The molecule has 1 amide bonds. The Labute approximate surface area is 164 Å². The summed E-state index contributed by atoms with van der Waals surface area (Å²) in [7, 11) is 0. The molecule has 30 heavy (non-hydrogen) atoms. The van der Waals surface area contributed by atoms with Crippen molar-refractivity contribution < 1.29 is 36.6 Å². The lowest BCUT2D eigenvalue weighted by atomic mass is 10.1. The molecule has 8 nitrogen and oxygen atoms in total. The molecule has 0 aliphatic heterocycles. The Kier molecular flexibility index (Phi) is 5.80. The summed E-state index contributed by atoms with van der Waals surface area (Å²) in [5.41, 5.74) is -1.04. The van der Waals surface area contributed by atoms with Crippen molar-refractivity contribution in [1.29, 1.82) is 0 Å². The standard InChI is InChI=1S/C17H12F5N5O3/c18-12-9(13(19)15(21)16(22)14(12)20)7-27-6-8(5-23-27)24-17(30)10-1-3-26(25-10)4-2-11(28)29/h1,3,5-6H,2,4,7H2,(H,24,30)(H,28,29). The zero-order valence-electron chi connectivity index (χ0n) is 14.9. The first-order valence-corrected chi connectivity index (χ1v) is 8.26. The van der Waals surface area contributed by atoms with Crippen LogP contribution < -0.4 is 5.32 Å². The normalized spacial score (nSPS) is 11.0. The summed E-state index contributed by atoms with van der Waals surface area (Å²) in [5.74, 6) is -12.0. The van der Waals surface area contributed by atoms with E-state index in [0.29, 0.717) is 0 Å². The second kappa shape index (κ2) is 8.31. The Bertz CT molecular complexity index is 1100. The van der Waals surface area contributed by atoms with Crippen molar-refractivity contribution in [3.05, 3.63) is 65.0 Å². The van der Waals surface area contributed by atoms with Crippen LogP contribution in [0.2, 0.25) is 0 Å². The van der Waals surface area contributed by atoms with E-state index >= 15 is 0 Å². The van der Waals surface area contributed by atoms with Crippen molar-refractivity contribution in [3.63, 3.8) is 0 Å². The number of anilines is 1. The van der Waals surface area contributed by atoms with Gasteiger partial charge in [-0.25, -0.2) is 22.0 Å². The molecule has 0 aliphatic carbocycles. The number of nitrogens with one attached hydrogen (secondary N) is 1. The second-order valence-corrected chi connectivity index (χ2v) is 6.04. The Morgan fingerprint density at radius 1 is 1.00 bits per heavy atom. The maximum Gasteiger partial charge on any atom is 0.305 e. The van der Waals surface area contributed by atoms with Gasteiger partial charge in [-0.3, -0.25) is 19.0 Å². The number of hydrogen-bond acceptors (Lipinski definition) is 4. The fraction of sp³-hybridized carbons (Fsp3) is 0.176. The van der Waals surface area contributed by atoms with E-state index in [1.165, 1.54) is 16.9 Å². The van der Waals surface area contributed by atoms with Gasteiger partial charge in [-0.05, 0) is 6.07 Å². The Morgan fingerprint density at radius 3 is 2.27 bits per heavy atom. The highest BCUT2D eigenvalue weighted by atomic mass is 19.2. The van der Waals surface area contributed by atoms with E-state index in [0.717, 1.165) is 17.1 Å². The van der Waals surface area contributed by atoms with Crippen LogP contribution in [0.25, 0.3) is 0 Å². The summed E-state index contributed by atoms with van der Waals surface area (Å²) >= 11 is 0. The first kappa shape index (κ1) is 21.0. The molecule has 0 bridgehead atoms. The van der Waals surface area contributed by atoms with Crippen LogP contribution in [-0.4, -0.2) is 36.5 Å². The van der Waals surface area contributed by atoms with Crippen LogP contribution in [0, 0.1) is 29.1 Å². The number of carboxylic acid groups (broad SMARTS) is 1. The number of aromatic nitrogens is 4. The van der Waals surface area contributed by atoms with Crippen molar-refractivity contribution in [1.82, 2.24) is 19.6 Å². The van der Waals surface area contributed by atoms with Crippen LogP contribution in [0.15, 0.2) is 24.7 Å². The lowest BCUT2D eigenvalue weighted by molar-refractivity contribution is -0.137. The highest BCUT2D eigenvalue weighted by Gasteiger charge is 2.26. The van der Waals surface area contributed by atoms with Crippen LogP contribution in [0.3, 0.4) is 0 Å². The summed E-state index contributed by atoms with van der Waals surface area (Å²) in [6.45, 7) is -0.714. The summed E-state index contributed by atoms with van der Waals surface area (Å²) in [4.78, 5) is 22.7. The van der Waals surface area contributed by atoms with Gasteiger partial charge in [0.1, 0.15) is 0 Å². The quantitative estimate of drug-likeness (QED) is 0.342. The summed E-state index contributed by atoms with van der Waals surface area (Å²) in [5, 5.41) is 18.6. The maximum absolute atomic E-state index is 13.8. The molecule has 0 saturated heterocycles.